The van der Waals surface area contributed by atoms with Crippen LogP contribution in [0.15, 0.2) is 95.5 Å². The van der Waals surface area contributed by atoms with E-state index in [2.05, 4.69) is 46.0 Å². The molecule has 0 unspecified atom stereocenters. The zero-order valence-corrected chi connectivity index (χ0v) is 19.8. The molecule has 0 amide bonds. The second-order valence-corrected chi connectivity index (χ2v) is 9.07. The Kier molecular flexibility index (Phi) is 4.54. The van der Waals surface area contributed by atoms with Crippen molar-refractivity contribution in [2.24, 2.45) is 0 Å². The summed E-state index contributed by atoms with van der Waals surface area (Å²) >= 11 is 0. The van der Waals surface area contributed by atoms with Crippen molar-refractivity contribution in [2.45, 2.75) is 0 Å². The average Bonchev–Trinajstić information content (AvgIpc) is 3.50. The van der Waals surface area contributed by atoms with Gasteiger partial charge in [-0.25, -0.2) is 4.98 Å². The molecule has 174 valence electrons. The Balaban J connectivity index is 1.44. The van der Waals surface area contributed by atoms with Gasteiger partial charge in [0.1, 0.15) is 22.9 Å². The Morgan fingerprint density at radius 1 is 0.605 bits per heavy atom. The predicted molar refractivity (Wildman–Crippen MR) is 145 cm³/mol. The quantitative estimate of drug-likeness (QED) is 0.254. The highest BCUT2D eigenvalue weighted by atomic mass is 16.3. The fourth-order valence-corrected chi connectivity index (χ4v) is 5.14. The zero-order valence-electron chi connectivity index (χ0n) is 19.8. The van der Waals surface area contributed by atoms with E-state index in [1.807, 2.05) is 54.6 Å². The van der Waals surface area contributed by atoms with E-state index in [1.54, 1.807) is 18.3 Å². The van der Waals surface area contributed by atoms with E-state index in [9.17, 15) is 15.8 Å². The summed E-state index contributed by atoms with van der Waals surface area (Å²) in [5.74, 6) is 0. The first-order chi connectivity index (χ1) is 18.7. The molecule has 0 atom stereocenters. The van der Waals surface area contributed by atoms with Gasteiger partial charge in [0.2, 0.25) is 0 Å². The Morgan fingerprint density at radius 3 is 2.05 bits per heavy atom. The van der Waals surface area contributed by atoms with Crippen molar-refractivity contribution in [2.75, 3.05) is 0 Å². The number of hydrogen-bond donors (Lipinski definition) is 0. The van der Waals surface area contributed by atoms with Gasteiger partial charge in [0, 0.05) is 33.4 Å². The number of rotatable bonds is 2. The molecule has 4 aromatic carbocycles. The van der Waals surface area contributed by atoms with Gasteiger partial charge in [0.25, 0.3) is 0 Å². The molecule has 7 rings (SSSR count). The third kappa shape index (κ3) is 3.14. The molecule has 0 fully saturated rings. The number of aromatic nitrogens is 2. The summed E-state index contributed by atoms with van der Waals surface area (Å²) < 4.78 is 8.05. The fourth-order valence-electron chi connectivity index (χ4n) is 5.14. The first kappa shape index (κ1) is 21.4. The van der Waals surface area contributed by atoms with Gasteiger partial charge in [-0.05, 0) is 77.9 Å². The van der Waals surface area contributed by atoms with Crippen molar-refractivity contribution in [1.29, 1.82) is 15.8 Å². The number of nitrogens with zero attached hydrogens (tertiary/aromatic N) is 5. The first-order valence-electron chi connectivity index (χ1n) is 11.9. The van der Waals surface area contributed by atoms with E-state index in [1.165, 1.54) is 0 Å². The van der Waals surface area contributed by atoms with Crippen LogP contribution in [0.5, 0.6) is 0 Å². The Morgan fingerprint density at radius 2 is 1.26 bits per heavy atom. The Bertz CT molecular complexity index is 2160. The van der Waals surface area contributed by atoms with Crippen LogP contribution in [-0.2, 0) is 0 Å². The van der Waals surface area contributed by atoms with Crippen molar-refractivity contribution in [3.63, 3.8) is 0 Å². The number of pyridine rings is 1. The minimum Gasteiger partial charge on any atom is -0.456 e. The average molecular weight is 486 g/mol. The minimum atomic E-state index is 0.466. The van der Waals surface area contributed by atoms with Crippen LogP contribution in [0.2, 0.25) is 0 Å². The summed E-state index contributed by atoms with van der Waals surface area (Å²) in [6.45, 7) is 0. The van der Waals surface area contributed by atoms with Crippen LogP contribution in [0.3, 0.4) is 0 Å². The highest BCUT2D eigenvalue weighted by Gasteiger charge is 2.16. The molecule has 0 saturated carbocycles. The van der Waals surface area contributed by atoms with Crippen molar-refractivity contribution < 1.29 is 4.42 Å². The lowest BCUT2D eigenvalue weighted by Crippen LogP contribution is -1.96. The third-order valence-electron chi connectivity index (χ3n) is 6.90. The molecule has 3 aromatic heterocycles. The standard InChI is InChI=1S/C32H15N5O/c33-15-19-4-7-29-25(10-19)28-12-21(17-35)18-36-32(28)37(29)24-3-1-2-22(13-24)23-6-9-31-27(14-23)26-11-20(16-34)5-8-30(26)38-31/h1-14,18H. The summed E-state index contributed by atoms with van der Waals surface area (Å²) in [4.78, 5) is 4.63. The van der Waals surface area contributed by atoms with Crippen molar-refractivity contribution >= 4 is 43.9 Å². The third-order valence-corrected chi connectivity index (χ3v) is 6.90. The van der Waals surface area contributed by atoms with Crippen molar-refractivity contribution in [3.05, 3.63) is 108 Å². The molecule has 0 N–H and O–H groups in total. The van der Waals surface area contributed by atoms with E-state index < -0.39 is 0 Å². The zero-order chi connectivity index (χ0) is 25.8. The number of fused-ring (bicyclic) bond motifs is 6. The highest BCUT2D eigenvalue weighted by molar-refractivity contribution is 6.09. The van der Waals surface area contributed by atoms with Crippen LogP contribution in [-0.4, -0.2) is 9.55 Å². The molecule has 38 heavy (non-hydrogen) atoms. The van der Waals surface area contributed by atoms with E-state index in [0.717, 1.165) is 55.0 Å². The maximum Gasteiger partial charge on any atom is 0.145 e. The molecule has 0 aliphatic carbocycles. The Labute approximate surface area is 216 Å². The first-order valence-corrected chi connectivity index (χ1v) is 11.9. The number of furan rings is 1. The molecule has 6 heteroatoms. The van der Waals surface area contributed by atoms with E-state index in [-0.39, 0.29) is 0 Å². The topological polar surface area (TPSA) is 102 Å². The van der Waals surface area contributed by atoms with Crippen LogP contribution in [0.4, 0.5) is 0 Å². The maximum atomic E-state index is 9.46. The van der Waals surface area contributed by atoms with Gasteiger partial charge < -0.3 is 4.42 Å². The molecule has 0 aliphatic heterocycles. The molecular weight excluding hydrogens is 470 g/mol. The van der Waals surface area contributed by atoms with E-state index in [0.29, 0.717) is 22.3 Å². The summed E-state index contributed by atoms with van der Waals surface area (Å²) in [7, 11) is 0. The summed E-state index contributed by atoms with van der Waals surface area (Å²) in [5.41, 5.74) is 7.66. The maximum absolute atomic E-state index is 9.46. The molecule has 0 radical (unpaired) electrons. The van der Waals surface area contributed by atoms with Crippen LogP contribution < -0.4 is 0 Å². The number of hydrogen-bond acceptors (Lipinski definition) is 5. The molecule has 0 saturated heterocycles. The predicted octanol–water partition coefficient (Wildman–Crippen LogP) is 7.36. The fraction of sp³-hybridized carbons (Fsp3) is 0. The lowest BCUT2D eigenvalue weighted by molar-refractivity contribution is 0.669. The molecular formula is C32H15N5O. The van der Waals surface area contributed by atoms with Crippen molar-refractivity contribution in [1.82, 2.24) is 9.55 Å². The molecule has 0 bridgehead atoms. The Hall–Kier alpha value is -5.90. The summed E-state index contributed by atoms with van der Waals surface area (Å²) in [5, 5.41) is 31.8. The SMILES string of the molecule is N#Cc1ccc2oc3ccc(-c4cccc(-n5c6ccc(C#N)cc6c6cc(C#N)cnc65)c4)cc3c2c1. The van der Waals surface area contributed by atoms with E-state index >= 15 is 0 Å². The second-order valence-electron chi connectivity index (χ2n) is 9.07. The molecule has 3 heterocycles. The lowest BCUT2D eigenvalue weighted by Gasteiger charge is -2.10. The van der Waals surface area contributed by atoms with Crippen LogP contribution in [0.25, 0.3) is 60.7 Å². The molecule has 6 nitrogen and oxygen atoms in total. The second kappa shape index (κ2) is 8.07. The normalized spacial score (nSPS) is 11.1. The van der Waals surface area contributed by atoms with Gasteiger partial charge in [-0.2, -0.15) is 15.8 Å². The highest BCUT2D eigenvalue weighted by Crippen LogP contribution is 2.36. The van der Waals surface area contributed by atoms with Gasteiger partial charge >= 0.3 is 0 Å². The number of nitriles is 3. The van der Waals surface area contributed by atoms with Crippen LogP contribution in [0, 0.1) is 34.0 Å². The molecule has 0 spiro atoms. The number of benzene rings is 4. The summed E-state index contributed by atoms with van der Waals surface area (Å²) in [6.07, 6.45) is 1.57. The largest absolute Gasteiger partial charge is 0.456 e. The van der Waals surface area contributed by atoms with Gasteiger partial charge in [-0.1, -0.05) is 18.2 Å². The van der Waals surface area contributed by atoms with E-state index in [4.69, 9.17) is 4.42 Å². The van der Waals surface area contributed by atoms with Gasteiger partial charge in [0.05, 0.1) is 34.3 Å². The van der Waals surface area contributed by atoms with Gasteiger partial charge in [-0.3, -0.25) is 4.57 Å². The monoisotopic (exact) mass is 485 g/mol. The minimum absolute atomic E-state index is 0.466. The molecule has 7 aromatic rings. The van der Waals surface area contributed by atoms with Gasteiger partial charge in [-0.15, -0.1) is 0 Å². The van der Waals surface area contributed by atoms with Crippen molar-refractivity contribution in [3.8, 4) is 35.0 Å². The smallest absolute Gasteiger partial charge is 0.145 e. The van der Waals surface area contributed by atoms with Crippen LogP contribution >= 0.6 is 0 Å². The van der Waals surface area contributed by atoms with Crippen LogP contribution in [0.1, 0.15) is 16.7 Å². The lowest BCUT2D eigenvalue weighted by atomic mass is 10.0. The van der Waals surface area contributed by atoms with Gasteiger partial charge in [0.15, 0.2) is 0 Å². The summed E-state index contributed by atoms with van der Waals surface area (Å²) in [6, 6.07) is 33.6. The molecule has 0 aliphatic rings.